The van der Waals surface area contributed by atoms with Crippen LogP contribution in [0.25, 0.3) is 0 Å². The first-order valence-electron chi connectivity index (χ1n) is 11.2. The van der Waals surface area contributed by atoms with Crippen molar-refractivity contribution in [1.82, 2.24) is 0 Å². The number of methoxy groups -OCH3 is 6. The van der Waals surface area contributed by atoms with Crippen molar-refractivity contribution in [3.63, 3.8) is 0 Å². The van der Waals surface area contributed by atoms with E-state index >= 15 is 0 Å². The highest BCUT2D eigenvalue weighted by Crippen LogP contribution is 2.99. The molecule has 0 aromatic heterocycles. The van der Waals surface area contributed by atoms with Crippen molar-refractivity contribution in [2.24, 2.45) is 34.5 Å². The van der Waals surface area contributed by atoms with Crippen molar-refractivity contribution in [1.29, 1.82) is 0 Å². The van der Waals surface area contributed by atoms with Crippen LogP contribution in [-0.4, -0.2) is 87.9 Å². The van der Waals surface area contributed by atoms with Crippen LogP contribution in [0.1, 0.15) is 12.8 Å². The highest BCUT2D eigenvalue weighted by Gasteiger charge is 3.09. The molecule has 8 nitrogen and oxygen atoms in total. The van der Waals surface area contributed by atoms with E-state index in [0.29, 0.717) is 12.8 Å². The van der Waals surface area contributed by atoms with E-state index in [0.717, 1.165) is 0 Å². The van der Waals surface area contributed by atoms with Crippen molar-refractivity contribution in [2.45, 2.75) is 47.8 Å². The van der Waals surface area contributed by atoms with Crippen LogP contribution >= 0.6 is 0 Å². The lowest BCUT2D eigenvalue weighted by atomic mass is 9.06. The van der Waals surface area contributed by atoms with E-state index in [1.54, 1.807) is 14.2 Å². The van der Waals surface area contributed by atoms with Gasteiger partial charge < -0.3 is 38.6 Å². The SMILES string of the molecule is C=CC[C@@]12[C@@H]3[C@H]4C(OC)(OC)[C@@H](O)[C@]1(OC)[C@H]1[C@@H]2[C@@](OC)([C@H](O)C3(OC)OC)[C@@]41CC=C. The molecule has 8 aliphatic rings. The van der Waals surface area contributed by atoms with Gasteiger partial charge in [0.2, 0.25) is 11.6 Å². The van der Waals surface area contributed by atoms with Gasteiger partial charge >= 0.3 is 0 Å². The summed E-state index contributed by atoms with van der Waals surface area (Å²) in [6.07, 6.45) is 2.60. The van der Waals surface area contributed by atoms with Crippen LogP contribution in [0.4, 0.5) is 0 Å². The standard InChI is InChI=1S/C24H36O8/c1-9-11-19-13-14-20(12-10-2)16(24(31-7,32-8)17(25)21(14,19)27-3)15(19)23(29-5,30-6)18(26)22(13,20)28-4/h9-10,13-18,25-26H,1-2,11-12H2,3-8H3/t13-,14-,15-,16+,17-,18-,19+,20+,21+,22+/m0/s1. The van der Waals surface area contributed by atoms with E-state index in [-0.39, 0.29) is 11.8 Å². The fraction of sp³-hybridized carbons (Fsp3) is 0.833. The van der Waals surface area contributed by atoms with Crippen LogP contribution in [-0.2, 0) is 28.4 Å². The minimum atomic E-state index is -1.43. The van der Waals surface area contributed by atoms with Crippen LogP contribution in [0.5, 0.6) is 0 Å². The Morgan fingerprint density at radius 3 is 1.12 bits per heavy atom. The second-order valence-electron chi connectivity index (χ2n) is 10.0. The summed E-state index contributed by atoms with van der Waals surface area (Å²) in [6.45, 7) is 8.06. The summed E-state index contributed by atoms with van der Waals surface area (Å²) in [4.78, 5) is 0. The van der Waals surface area contributed by atoms with Gasteiger partial charge in [0.1, 0.15) is 23.4 Å². The van der Waals surface area contributed by atoms with Gasteiger partial charge in [0.05, 0.1) is 0 Å². The lowest BCUT2D eigenvalue weighted by Crippen LogP contribution is -3.12. The summed E-state index contributed by atoms with van der Waals surface area (Å²) in [5.74, 6) is -3.91. The topological polar surface area (TPSA) is 95.8 Å². The van der Waals surface area contributed by atoms with Gasteiger partial charge in [0, 0.05) is 77.2 Å². The highest BCUT2D eigenvalue weighted by molar-refractivity contribution is 5.55. The number of aliphatic hydroxyl groups excluding tert-OH is 2. The zero-order valence-corrected chi connectivity index (χ0v) is 19.8. The Morgan fingerprint density at radius 2 is 0.906 bits per heavy atom. The molecule has 8 rings (SSSR count). The van der Waals surface area contributed by atoms with E-state index in [4.69, 9.17) is 28.4 Å². The predicted octanol–water partition coefficient (Wildman–Crippen LogP) is 1.11. The number of hydrogen-bond donors (Lipinski definition) is 2. The minimum absolute atomic E-state index is 0.0889. The van der Waals surface area contributed by atoms with Crippen molar-refractivity contribution in [3.05, 3.63) is 25.3 Å². The molecule has 0 saturated heterocycles. The van der Waals surface area contributed by atoms with Gasteiger partial charge in [0.25, 0.3) is 0 Å². The third kappa shape index (κ3) is 1.52. The number of aliphatic hydroxyl groups is 2. The zero-order valence-electron chi connectivity index (χ0n) is 19.8. The molecule has 0 spiro atoms. The molecule has 0 aromatic rings. The van der Waals surface area contributed by atoms with Gasteiger partial charge in [0.15, 0.2) is 0 Å². The van der Waals surface area contributed by atoms with Gasteiger partial charge in [-0.1, -0.05) is 12.2 Å². The molecule has 180 valence electrons. The third-order valence-electron chi connectivity index (χ3n) is 10.6. The van der Waals surface area contributed by atoms with E-state index < -0.39 is 57.7 Å². The molecular weight excluding hydrogens is 416 g/mol. The predicted molar refractivity (Wildman–Crippen MR) is 113 cm³/mol. The molecule has 0 heterocycles. The molecule has 8 aliphatic carbocycles. The van der Waals surface area contributed by atoms with Crippen LogP contribution in [0.2, 0.25) is 0 Å². The average Bonchev–Trinajstić information content (AvgIpc) is 2.79. The van der Waals surface area contributed by atoms with Gasteiger partial charge in [-0.25, -0.2) is 0 Å². The first kappa shape index (κ1) is 22.9. The molecular formula is C24H36O8. The summed E-state index contributed by atoms with van der Waals surface area (Å²) >= 11 is 0. The summed E-state index contributed by atoms with van der Waals surface area (Å²) in [5, 5.41) is 23.8. The molecule has 10 atom stereocenters. The molecule has 8 heteroatoms. The maximum atomic E-state index is 11.9. The van der Waals surface area contributed by atoms with Crippen molar-refractivity contribution >= 4 is 0 Å². The van der Waals surface area contributed by atoms with E-state index in [9.17, 15) is 10.2 Å². The summed E-state index contributed by atoms with van der Waals surface area (Å²) in [7, 11) is 9.38. The minimum Gasteiger partial charge on any atom is -0.384 e. The molecule has 0 radical (unpaired) electrons. The fourth-order valence-corrected chi connectivity index (χ4v) is 10.4. The molecule has 8 saturated carbocycles. The maximum Gasteiger partial charge on any atom is 0.200 e. The first-order valence-corrected chi connectivity index (χ1v) is 11.2. The summed E-state index contributed by atoms with van der Waals surface area (Å²) in [6, 6.07) is 0. The number of hydrogen-bond acceptors (Lipinski definition) is 8. The molecule has 8 bridgehead atoms. The molecule has 0 amide bonds. The molecule has 0 aliphatic heterocycles. The quantitative estimate of drug-likeness (QED) is 0.376. The Hall–Kier alpha value is -0.840. The second kappa shape index (κ2) is 6.43. The van der Waals surface area contributed by atoms with Gasteiger partial charge in [-0.2, -0.15) is 0 Å². The zero-order chi connectivity index (χ0) is 23.5. The second-order valence-corrected chi connectivity index (χ2v) is 10.0. The largest absolute Gasteiger partial charge is 0.384 e. The van der Waals surface area contributed by atoms with Crippen LogP contribution in [0, 0.1) is 34.5 Å². The summed E-state index contributed by atoms with van der Waals surface area (Å²) < 4.78 is 36.9. The van der Waals surface area contributed by atoms with Gasteiger partial charge in [-0.3, -0.25) is 0 Å². The first-order chi connectivity index (χ1) is 15.3. The Labute approximate surface area is 189 Å². The Bertz CT molecular complexity index is 770. The van der Waals surface area contributed by atoms with E-state index in [2.05, 4.69) is 13.2 Å². The number of allylic oxidation sites excluding steroid dienone is 2. The fourth-order valence-electron chi connectivity index (χ4n) is 10.4. The monoisotopic (exact) mass is 452 g/mol. The van der Waals surface area contributed by atoms with Crippen LogP contribution in [0.3, 0.4) is 0 Å². The lowest BCUT2D eigenvalue weighted by Gasteiger charge is -3.01. The third-order valence-corrected chi connectivity index (χ3v) is 10.6. The van der Waals surface area contributed by atoms with Crippen LogP contribution < -0.4 is 0 Å². The number of ether oxygens (including phenoxy) is 6. The summed E-state index contributed by atoms with van der Waals surface area (Å²) in [5.41, 5.74) is -3.40. The van der Waals surface area contributed by atoms with Crippen LogP contribution in [0.15, 0.2) is 25.3 Å². The average molecular weight is 453 g/mol. The smallest absolute Gasteiger partial charge is 0.200 e. The number of rotatable bonds is 10. The van der Waals surface area contributed by atoms with E-state index in [1.807, 2.05) is 12.2 Å². The molecule has 32 heavy (non-hydrogen) atoms. The molecule has 0 unspecified atom stereocenters. The number of fused-ring (bicyclic) bond motifs is 2. The van der Waals surface area contributed by atoms with Crippen molar-refractivity contribution < 1.29 is 38.6 Å². The molecule has 2 N–H and O–H groups in total. The Balaban J connectivity index is 1.94. The van der Waals surface area contributed by atoms with Crippen molar-refractivity contribution in [2.75, 3.05) is 42.7 Å². The van der Waals surface area contributed by atoms with E-state index in [1.165, 1.54) is 28.4 Å². The Morgan fingerprint density at radius 1 is 0.594 bits per heavy atom. The lowest BCUT2D eigenvalue weighted by molar-refractivity contribution is -0.645. The van der Waals surface area contributed by atoms with Gasteiger partial charge in [-0.05, 0) is 12.8 Å². The van der Waals surface area contributed by atoms with Gasteiger partial charge in [-0.15, -0.1) is 13.2 Å². The maximum absolute atomic E-state index is 11.9. The Kier molecular flexibility index (Phi) is 4.61. The normalized spacial score (nSPS) is 54.6. The molecule has 0 aromatic carbocycles. The van der Waals surface area contributed by atoms with Crippen molar-refractivity contribution in [3.8, 4) is 0 Å². The molecule has 8 fully saturated rings. The highest BCUT2D eigenvalue weighted by atomic mass is 16.7.